The number of hydrogen-bond acceptors (Lipinski definition) is 2. The van der Waals surface area contributed by atoms with Crippen LogP contribution in [0.25, 0.3) is 0 Å². The van der Waals surface area contributed by atoms with Crippen LogP contribution in [0.2, 0.25) is 0 Å². The maximum atomic E-state index is 13.2. The van der Waals surface area contributed by atoms with E-state index < -0.39 is 11.6 Å². The predicted molar refractivity (Wildman–Crippen MR) is 80.6 cm³/mol. The molecule has 2 nitrogen and oxygen atoms in total. The third-order valence-corrected chi connectivity index (χ3v) is 3.00. The smallest absolute Gasteiger partial charge is 0.142 e. The zero-order chi connectivity index (χ0) is 15.2. The summed E-state index contributed by atoms with van der Waals surface area (Å²) in [4.78, 5) is 0. The number of rotatable bonds is 6. The second-order valence-electron chi connectivity index (χ2n) is 4.98. The van der Waals surface area contributed by atoms with E-state index in [1.165, 1.54) is 12.1 Å². The molecule has 112 valence electrons. The maximum absolute atomic E-state index is 13.2. The Hall–Kier alpha value is -2.10. The van der Waals surface area contributed by atoms with Gasteiger partial charge < -0.3 is 10.1 Å². The van der Waals surface area contributed by atoms with Gasteiger partial charge >= 0.3 is 0 Å². The van der Waals surface area contributed by atoms with Crippen LogP contribution in [0.5, 0.6) is 5.75 Å². The van der Waals surface area contributed by atoms with Crippen LogP contribution < -0.4 is 10.1 Å². The van der Waals surface area contributed by atoms with Crippen LogP contribution in [-0.2, 0) is 6.54 Å². The van der Waals surface area contributed by atoms with Gasteiger partial charge in [0.05, 0.1) is 12.3 Å². The molecule has 0 atom stereocenters. The minimum atomic E-state index is -0.571. The predicted octanol–water partition coefficient (Wildman–Crippen LogP) is 4.67. The average Bonchev–Trinajstić information content (AvgIpc) is 2.43. The molecule has 1 N–H and O–H groups in total. The van der Waals surface area contributed by atoms with E-state index in [4.69, 9.17) is 4.74 Å². The summed E-state index contributed by atoms with van der Waals surface area (Å²) in [7, 11) is 0. The van der Waals surface area contributed by atoms with Gasteiger partial charge in [0.1, 0.15) is 17.4 Å². The van der Waals surface area contributed by atoms with Crippen LogP contribution in [0.4, 0.5) is 14.5 Å². The van der Waals surface area contributed by atoms with Crippen LogP contribution in [0.15, 0.2) is 36.4 Å². The van der Waals surface area contributed by atoms with Crippen molar-refractivity contribution < 1.29 is 13.5 Å². The summed E-state index contributed by atoms with van der Waals surface area (Å²) in [6, 6.07) is 9.33. The molecular weight excluding hydrogens is 272 g/mol. The first-order valence-corrected chi connectivity index (χ1v) is 7.01. The summed E-state index contributed by atoms with van der Waals surface area (Å²) in [5, 5.41) is 3.16. The van der Waals surface area contributed by atoms with Gasteiger partial charge in [-0.3, -0.25) is 0 Å². The molecule has 0 aliphatic carbocycles. The molecule has 0 heterocycles. The topological polar surface area (TPSA) is 21.3 Å². The molecule has 0 radical (unpaired) electrons. The molecule has 0 bridgehead atoms. The Morgan fingerprint density at radius 3 is 2.43 bits per heavy atom. The van der Waals surface area contributed by atoms with Gasteiger partial charge in [-0.15, -0.1) is 0 Å². The number of anilines is 1. The van der Waals surface area contributed by atoms with Crippen molar-refractivity contribution in [1.82, 2.24) is 0 Å². The minimum Gasteiger partial charge on any atom is -0.491 e. The van der Waals surface area contributed by atoms with Crippen LogP contribution >= 0.6 is 0 Å². The Kier molecular flexibility index (Phi) is 5.14. The Balaban J connectivity index is 2.11. The summed E-state index contributed by atoms with van der Waals surface area (Å²) < 4.78 is 32.0. The van der Waals surface area contributed by atoms with Gasteiger partial charge in [0.15, 0.2) is 0 Å². The first-order valence-electron chi connectivity index (χ1n) is 7.01. The molecule has 0 aliphatic rings. The molecule has 0 aliphatic heterocycles. The molecule has 2 aromatic carbocycles. The highest BCUT2D eigenvalue weighted by Gasteiger charge is 2.05. The molecule has 0 unspecified atom stereocenters. The summed E-state index contributed by atoms with van der Waals surface area (Å²) >= 11 is 0. The highest BCUT2D eigenvalue weighted by atomic mass is 19.1. The molecular formula is C17H19F2NO. The number of nitrogens with one attached hydrogen (secondary N) is 1. The van der Waals surface area contributed by atoms with Crippen LogP contribution in [0.1, 0.15) is 24.5 Å². The van der Waals surface area contributed by atoms with Crippen LogP contribution in [-0.4, -0.2) is 6.61 Å². The molecule has 0 fully saturated rings. The standard InChI is InChI=1S/C17H19F2NO/c1-3-6-21-17-7-12(2)4-5-16(17)20-11-13-8-14(18)10-15(19)9-13/h4-5,7-10,20H,3,6,11H2,1-2H3. The maximum Gasteiger partial charge on any atom is 0.142 e. The van der Waals surface area contributed by atoms with Crippen LogP contribution in [0.3, 0.4) is 0 Å². The van der Waals surface area contributed by atoms with E-state index in [1.54, 1.807) is 0 Å². The lowest BCUT2D eigenvalue weighted by Gasteiger charge is -2.14. The van der Waals surface area contributed by atoms with Crippen LogP contribution in [0, 0.1) is 18.6 Å². The fourth-order valence-electron chi connectivity index (χ4n) is 2.02. The van der Waals surface area contributed by atoms with E-state index in [2.05, 4.69) is 5.32 Å². The fourth-order valence-corrected chi connectivity index (χ4v) is 2.02. The SMILES string of the molecule is CCCOc1cc(C)ccc1NCc1cc(F)cc(F)c1. The number of hydrogen-bond donors (Lipinski definition) is 1. The molecule has 2 aromatic rings. The van der Waals surface area contributed by atoms with Crippen molar-refractivity contribution in [3.63, 3.8) is 0 Å². The van der Waals surface area contributed by atoms with Gasteiger partial charge in [0, 0.05) is 12.6 Å². The van der Waals surface area contributed by atoms with E-state index >= 15 is 0 Å². The van der Waals surface area contributed by atoms with E-state index in [-0.39, 0.29) is 0 Å². The lowest BCUT2D eigenvalue weighted by Crippen LogP contribution is -2.04. The minimum absolute atomic E-state index is 0.334. The quantitative estimate of drug-likeness (QED) is 0.834. The largest absolute Gasteiger partial charge is 0.491 e. The Bertz CT molecular complexity index is 593. The lowest BCUT2D eigenvalue weighted by atomic mass is 10.2. The summed E-state index contributed by atoms with van der Waals surface area (Å²) in [5.74, 6) is -0.384. The Morgan fingerprint density at radius 2 is 1.76 bits per heavy atom. The third-order valence-electron chi connectivity index (χ3n) is 3.00. The van der Waals surface area contributed by atoms with Crippen molar-refractivity contribution in [2.24, 2.45) is 0 Å². The lowest BCUT2D eigenvalue weighted by molar-refractivity contribution is 0.318. The van der Waals surface area contributed by atoms with E-state index in [0.717, 1.165) is 29.5 Å². The zero-order valence-corrected chi connectivity index (χ0v) is 12.2. The van der Waals surface area contributed by atoms with Gasteiger partial charge in [-0.05, 0) is 48.7 Å². The number of ether oxygens (including phenoxy) is 1. The van der Waals surface area contributed by atoms with Gasteiger partial charge in [-0.2, -0.15) is 0 Å². The van der Waals surface area contributed by atoms with Crippen molar-refractivity contribution in [2.75, 3.05) is 11.9 Å². The highest BCUT2D eigenvalue weighted by Crippen LogP contribution is 2.26. The molecule has 4 heteroatoms. The normalized spacial score (nSPS) is 10.5. The van der Waals surface area contributed by atoms with Gasteiger partial charge in [0.2, 0.25) is 0 Å². The Labute approximate surface area is 123 Å². The molecule has 0 saturated carbocycles. The number of benzene rings is 2. The fraction of sp³-hybridized carbons (Fsp3) is 0.294. The van der Waals surface area contributed by atoms with Gasteiger partial charge in [0.25, 0.3) is 0 Å². The van der Waals surface area contributed by atoms with Crippen molar-refractivity contribution in [2.45, 2.75) is 26.8 Å². The summed E-state index contributed by atoms with van der Waals surface area (Å²) in [5.41, 5.74) is 2.47. The van der Waals surface area contributed by atoms with Crippen molar-refractivity contribution in [1.29, 1.82) is 0 Å². The number of aryl methyl sites for hydroxylation is 1. The van der Waals surface area contributed by atoms with Crippen molar-refractivity contribution in [3.8, 4) is 5.75 Å². The van der Waals surface area contributed by atoms with Crippen molar-refractivity contribution in [3.05, 3.63) is 59.2 Å². The first-order chi connectivity index (χ1) is 10.1. The molecule has 0 amide bonds. The second-order valence-corrected chi connectivity index (χ2v) is 4.98. The summed E-state index contributed by atoms with van der Waals surface area (Å²) in [6.45, 7) is 5.00. The van der Waals surface area contributed by atoms with E-state index in [0.29, 0.717) is 18.7 Å². The zero-order valence-electron chi connectivity index (χ0n) is 12.2. The van der Waals surface area contributed by atoms with Gasteiger partial charge in [-0.1, -0.05) is 13.0 Å². The molecule has 0 saturated heterocycles. The second kappa shape index (κ2) is 7.07. The monoisotopic (exact) mass is 291 g/mol. The van der Waals surface area contributed by atoms with Crippen molar-refractivity contribution >= 4 is 5.69 Å². The molecule has 2 rings (SSSR count). The number of halogens is 2. The molecule has 0 aromatic heterocycles. The van der Waals surface area contributed by atoms with Gasteiger partial charge in [-0.25, -0.2) is 8.78 Å². The summed E-state index contributed by atoms with van der Waals surface area (Å²) in [6.07, 6.45) is 0.919. The third kappa shape index (κ3) is 4.45. The average molecular weight is 291 g/mol. The van der Waals surface area contributed by atoms with E-state index in [9.17, 15) is 8.78 Å². The molecule has 0 spiro atoms. The van der Waals surface area contributed by atoms with E-state index in [1.807, 2.05) is 32.0 Å². The Morgan fingerprint density at radius 1 is 1.05 bits per heavy atom. The molecule has 21 heavy (non-hydrogen) atoms. The highest BCUT2D eigenvalue weighted by molar-refractivity contribution is 5.57. The first kappa shape index (κ1) is 15.3.